The van der Waals surface area contributed by atoms with Gasteiger partial charge in [0.25, 0.3) is 0 Å². The van der Waals surface area contributed by atoms with Crippen LogP contribution >= 0.6 is 0 Å². The molecule has 0 heterocycles. The van der Waals surface area contributed by atoms with Gasteiger partial charge < -0.3 is 15.3 Å². The molecule has 0 aromatic rings. The van der Waals surface area contributed by atoms with Gasteiger partial charge in [-0.2, -0.15) is 0 Å². The summed E-state index contributed by atoms with van der Waals surface area (Å²) in [6.45, 7) is 5.85. The first-order valence-electron chi connectivity index (χ1n) is 10.1. The van der Waals surface area contributed by atoms with Gasteiger partial charge in [-0.25, -0.2) is 4.79 Å². The van der Waals surface area contributed by atoms with Gasteiger partial charge in [0.1, 0.15) is 5.78 Å². The van der Waals surface area contributed by atoms with Gasteiger partial charge in [-0.05, 0) is 44.9 Å². The number of Topliss-reactive ketones (excluding diaryl/α,β-unsaturated/α-hetero) is 1. The van der Waals surface area contributed by atoms with Crippen LogP contribution in [0.3, 0.4) is 0 Å². The van der Waals surface area contributed by atoms with Crippen LogP contribution in [0.5, 0.6) is 0 Å². The third-order valence-corrected chi connectivity index (χ3v) is 5.72. The highest BCUT2D eigenvalue weighted by Gasteiger charge is 2.44. The minimum Gasteiger partial charge on any atom is -0.479 e. The Hall–Kier alpha value is -1.46. The van der Waals surface area contributed by atoms with Gasteiger partial charge in [-0.1, -0.05) is 57.4 Å². The predicted molar refractivity (Wildman–Crippen MR) is 106 cm³/mol. The van der Waals surface area contributed by atoms with Crippen molar-refractivity contribution in [3.05, 3.63) is 24.3 Å². The van der Waals surface area contributed by atoms with E-state index in [1.807, 2.05) is 31.2 Å². The third kappa shape index (κ3) is 7.59. The maximum atomic E-state index is 12.5. The van der Waals surface area contributed by atoms with Gasteiger partial charge in [0.2, 0.25) is 0 Å². The van der Waals surface area contributed by atoms with Crippen LogP contribution in [-0.4, -0.2) is 38.8 Å². The average Bonchev–Trinajstić information content (AvgIpc) is 2.87. The lowest BCUT2D eigenvalue weighted by Crippen LogP contribution is -2.29. The molecule has 0 bridgehead atoms. The van der Waals surface area contributed by atoms with Crippen molar-refractivity contribution in [1.29, 1.82) is 0 Å². The molecule has 1 rings (SSSR count). The van der Waals surface area contributed by atoms with Gasteiger partial charge in [0.05, 0.1) is 5.60 Å². The summed E-state index contributed by atoms with van der Waals surface area (Å²) in [6, 6.07) is 0. The SMILES string of the molecule is CCC=CCC(C)(O)C=C[C@H]1CCC(=O)[C@]1(C)CCCCCC(O)C(=O)O. The Balaban J connectivity index is 2.57. The number of aliphatic hydroxyl groups is 2. The summed E-state index contributed by atoms with van der Waals surface area (Å²) < 4.78 is 0. The lowest BCUT2D eigenvalue weighted by Gasteiger charge is -2.29. The van der Waals surface area contributed by atoms with E-state index in [0.29, 0.717) is 19.3 Å². The summed E-state index contributed by atoms with van der Waals surface area (Å²) in [7, 11) is 0. The van der Waals surface area contributed by atoms with Gasteiger partial charge in [0.15, 0.2) is 6.10 Å². The zero-order chi connectivity index (χ0) is 20.5. The highest BCUT2D eigenvalue weighted by molar-refractivity contribution is 5.87. The fraction of sp³-hybridized carbons (Fsp3) is 0.727. The van der Waals surface area contributed by atoms with Gasteiger partial charge in [-0.15, -0.1) is 0 Å². The van der Waals surface area contributed by atoms with Crippen LogP contribution < -0.4 is 0 Å². The second-order valence-electron chi connectivity index (χ2n) is 8.24. The van der Waals surface area contributed by atoms with Crippen LogP contribution in [0, 0.1) is 11.3 Å². The fourth-order valence-corrected chi connectivity index (χ4v) is 3.74. The highest BCUT2D eigenvalue weighted by Crippen LogP contribution is 2.45. The fourth-order valence-electron chi connectivity index (χ4n) is 3.74. The predicted octanol–water partition coefficient (Wildman–Crippen LogP) is 4.03. The third-order valence-electron chi connectivity index (χ3n) is 5.72. The van der Waals surface area contributed by atoms with E-state index in [0.717, 1.165) is 32.1 Å². The van der Waals surface area contributed by atoms with E-state index < -0.39 is 23.1 Å². The van der Waals surface area contributed by atoms with E-state index in [9.17, 15) is 19.8 Å². The van der Waals surface area contributed by atoms with Crippen molar-refractivity contribution in [2.75, 3.05) is 0 Å². The molecule has 1 saturated carbocycles. The summed E-state index contributed by atoms with van der Waals surface area (Å²) in [4.78, 5) is 23.1. The first-order valence-corrected chi connectivity index (χ1v) is 10.1. The van der Waals surface area contributed by atoms with Crippen molar-refractivity contribution in [3.8, 4) is 0 Å². The molecule has 27 heavy (non-hydrogen) atoms. The molecule has 0 aromatic carbocycles. The molecule has 2 unspecified atom stereocenters. The molecule has 5 heteroatoms. The number of hydrogen-bond acceptors (Lipinski definition) is 4. The van der Waals surface area contributed by atoms with Crippen molar-refractivity contribution in [1.82, 2.24) is 0 Å². The molecule has 4 atom stereocenters. The maximum Gasteiger partial charge on any atom is 0.332 e. The molecule has 0 aliphatic heterocycles. The number of carboxylic acid groups (broad SMARTS) is 1. The molecular formula is C22H36O5. The molecule has 3 N–H and O–H groups in total. The van der Waals surface area contributed by atoms with E-state index >= 15 is 0 Å². The second-order valence-corrected chi connectivity index (χ2v) is 8.24. The number of aliphatic hydroxyl groups excluding tert-OH is 1. The molecule has 5 nitrogen and oxygen atoms in total. The first kappa shape index (κ1) is 23.6. The summed E-state index contributed by atoms with van der Waals surface area (Å²) in [5.74, 6) is -0.788. The number of carbonyl (C=O) groups is 2. The molecule has 154 valence electrons. The number of hydrogen-bond donors (Lipinski definition) is 3. The molecule has 0 aromatic heterocycles. The molecule has 1 aliphatic carbocycles. The van der Waals surface area contributed by atoms with Crippen LogP contribution in [0.1, 0.15) is 78.6 Å². The molecular weight excluding hydrogens is 344 g/mol. The number of aliphatic carboxylic acids is 1. The molecule has 0 amide bonds. The van der Waals surface area contributed by atoms with Crippen molar-refractivity contribution < 1.29 is 24.9 Å². The van der Waals surface area contributed by atoms with E-state index in [4.69, 9.17) is 5.11 Å². The van der Waals surface area contributed by atoms with Crippen molar-refractivity contribution in [2.45, 2.75) is 90.3 Å². The zero-order valence-electron chi connectivity index (χ0n) is 17.0. The summed E-state index contributed by atoms with van der Waals surface area (Å²) in [5.41, 5.74) is -1.33. The number of allylic oxidation sites excluding steroid dienone is 2. The van der Waals surface area contributed by atoms with Crippen LogP contribution in [-0.2, 0) is 9.59 Å². The average molecular weight is 381 g/mol. The first-order chi connectivity index (χ1) is 12.6. The Bertz CT molecular complexity index is 549. The minimum atomic E-state index is -1.30. The maximum absolute atomic E-state index is 12.5. The molecule has 0 saturated heterocycles. The van der Waals surface area contributed by atoms with Crippen molar-refractivity contribution >= 4 is 11.8 Å². The van der Waals surface area contributed by atoms with E-state index in [-0.39, 0.29) is 18.1 Å². The normalized spacial score (nSPS) is 26.7. The molecule has 0 spiro atoms. The van der Waals surface area contributed by atoms with Gasteiger partial charge in [0, 0.05) is 11.8 Å². The minimum absolute atomic E-state index is 0.122. The lowest BCUT2D eigenvalue weighted by atomic mass is 9.74. The molecule has 1 fully saturated rings. The Morgan fingerprint density at radius 3 is 2.67 bits per heavy atom. The van der Waals surface area contributed by atoms with Crippen molar-refractivity contribution in [3.63, 3.8) is 0 Å². The zero-order valence-corrected chi connectivity index (χ0v) is 17.0. The van der Waals surface area contributed by atoms with Crippen LogP contribution in [0.2, 0.25) is 0 Å². The summed E-state index contributed by atoms with van der Waals surface area (Å²) in [5, 5.41) is 28.5. The number of unbranched alkanes of at least 4 members (excludes halogenated alkanes) is 2. The standard InChI is InChI=1S/C22H36O5/c1-4-5-8-14-21(2,27)16-13-17-11-12-19(24)22(17,3)15-9-6-7-10-18(23)20(25)26/h5,8,13,16-18,23,27H,4,6-7,9-12,14-15H2,1-3H3,(H,25,26)/t17-,18?,21?,22-/m1/s1. The largest absolute Gasteiger partial charge is 0.479 e. The van der Waals surface area contributed by atoms with Crippen molar-refractivity contribution in [2.24, 2.45) is 11.3 Å². The topological polar surface area (TPSA) is 94.8 Å². The molecule has 0 radical (unpaired) electrons. The Kier molecular flexibility index (Phi) is 9.40. The monoisotopic (exact) mass is 380 g/mol. The van der Waals surface area contributed by atoms with Gasteiger partial charge >= 0.3 is 5.97 Å². The smallest absolute Gasteiger partial charge is 0.332 e. The van der Waals surface area contributed by atoms with E-state index in [1.165, 1.54) is 0 Å². The van der Waals surface area contributed by atoms with Crippen LogP contribution in [0.15, 0.2) is 24.3 Å². The van der Waals surface area contributed by atoms with E-state index in [1.54, 1.807) is 6.92 Å². The number of ketones is 1. The summed E-state index contributed by atoms with van der Waals surface area (Å²) in [6.07, 6.45) is 12.7. The number of rotatable bonds is 12. The van der Waals surface area contributed by atoms with E-state index in [2.05, 4.69) is 6.92 Å². The van der Waals surface area contributed by atoms with Gasteiger partial charge in [-0.3, -0.25) is 4.79 Å². The lowest BCUT2D eigenvalue weighted by molar-refractivity contribution is -0.147. The Morgan fingerprint density at radius 1 is 1.33 bits per heavy atom. The second kappa shape index (κ2) is 10.8. The number of carbonyl (C=O) groups excluding carboxylic acids is 1. The summed E-state index contributed by atoms with van der Waals surface area (Å²) >= 11 is 0. The Morgan fingerprint density at radius 2 is 2.04 bits per heavy atom. The quantitative estimate of drug-likeness (QED) is 0.351. The molecule has 1 aliphatic rings. The highest BCUT2D eigenvalue weighted by atomic mass is 16.4. The Labute approximate surface area is 163 Å². The van der Waals surface area contributed by atoms with Crippen LogP contribution in [0.25, 0.3) is 0 Å². The van der Waals surface area contributed by atoms with Crippen LogP contribution in [0.4, 0.5) is 0 Å². The number of carboxylic acids is 1.